The zero-order valence-corrected chi connectivity index (χ0v) is 13.9. The average Bonchev–Trinajstić information content (AvgIpc) is 2.89. The first-order valence-electron chi connectivity index (χ1n) is 6.38. The minimum Gasteiger partial charge on any atom is -0.389 e. The molecule has 3 aromatic rings. The van der Waals surface area contributed by atoms with Crippen LogP contribution >= 0.6 is 27.5 Å². The summed E-state index contributed by atoms with van der Waals surface area (Å²) in [5.41, 5.74) is 10.1. The van der Waals surface area contributed by atoms with Crippen molar-refractivity contribution in [3.8, 4) is 11.4 Å². The van der Waals surface area contributed by atoms with Gasteiger partial charge in [-0.2, -0.15) is 4.37 Å². The van der Waals surface area contributed by atoms with E-state index >= 15 is 0 Å². The van der Waals surface area contributed by atoms with Crippen molar-refractivity contribution in [2.24, 2.45) is 0 Å². The molecule has 0 radical (unpaired) electrons. The van der Waals surface area contributed by atoms with Crippen LogP contribution in [0.25, 0.3) is 22.4 Å². The van der Waals surface area contributed by atoms with Gasteiger partial charge in [0.2, 0.25) is 0 Å². The van der Waals surface area contributed by atoms with Crippen LogP contribution in [0.1, 0.15) is 25.6 Å². The van der Waals surface area contributed by atoms with Crippen molar-refractivity contribution >= 4 is 43.5 Å². The van der Waals surface area contributed by atoms with Gasteiger partial charge >= 0.3 is 0 Å². The van der Waals surface area contributed by atoms with Gasteiger partial charge in [-0.15, -0.1) is 0 Å². The minimum atomic E-state index is 0.301. The van der Waals surface area contributed by atoms with Crippen molar-refractivity contribution in [2.45, 2.75) is 26.8 Å². The van der Waals surface area contributed by atoms with Crippen LogP contribution in [0, 0.1) is 6.92 Å². The maximum absolute atomic E-state index is 6.09. The number of aromatic nitrogens is 3. The standard InChI is InChI=1S/C14H15BrN4S/c1-7(2)19-11-5-4-9(15)6-10(11)17-14(19)12-8(3)18-20-13(12)16/h4-7H,16H2,1-3H3. The molecule has 0 spiro atoms. The average molecular weight is 351 g/mol. The molecule has 0 bridgehead atoms. The molecule has 6 heteroatoms. The smallest absolute Gasteiger partial charge is 0.146 e. The van der Waals surface area contributed by atoms with Crippen LogP contribution in [0.2, 0.25) is 0 Å². The molecule has 104 valence electrons. The van der Waals surface area contributed by atoms with Gasteiger partial charge in [-0.3, -0.25) is 0 Å². The molecular formula is C14H15BrN4S. The Hall–Kier alpha value is -1.40. The van der Waals surface area contributed by atoms with Crippen molar-refractivity contribution in [3.63, 3.8) is 0 Å². The van der Waals surface area contributed by atoms with Crippen LogP contribution in [0.3, 0.4) is 0 Å². The molecule has 0 fully saturated rings. The Bertz CT molecular complexity index is 768. The molecule has 0 saturated carbocycles. The fourth-order valence-corrected chi connectivity index (χ4v) is 3.44. The van der Waals surface area contributed by atoms with Crippen LogP contribution in [0.4, 0.5) is 5.00 Å². The molecule has 20 heavy (non-hydrogen) atoms. The van der Waals surface area contributed by atoms with Gasteiger partial charge < -0.3 is 10.3 Å². The van der Waals surface area contributed by atoms with E-state index in [9.17, 15) is 0 Å². The predicted octanol–water partition coefficient (Wildman–Crippen LogP) is 4.39. The van der Waals surface area contributed by atoms with Crippen LogP contribution in [-0.2, 0) is 0 Å². The number of nitrogens with zero attached hydrogens (tertiary/aromatic N) is 3. The molecule has 2 aromatic heterocycles. The first kappa shape index (κ1) is 13.6. The van der Waals surface area contributed by atoms with E-state index in [1.54, 1.807) is 0 Å². The van der Waals surface area contributed by atoms with E-state index in [4.69, 9.17) is 10.7 Å². The molecule has 0 aliphatic rings. The molecule has 2 heterocycles. The summed E-state index contributed by atoms with van der Waals surface area (Å²) in [7, 11) is 0. The van der Waals surface area contributed by atoms with Gasteiger partial charge in [0.05, 0.1) is 22.3 Å². The van der Waals surface area contributed by atoms with Crippen molar-refractivity contribution in [2.75, 3.05) is 5.73 Å². The Kier molecular flexibility index (Phi) is 3.30. The topological polar surface area (TPSA) is 56.7 Å². The Labute approximate surface area is 129 Å². The fourth-order valence-electron chi connectivity index (χ4n) is 2.43. The molecule has 0 aliphatic carbocycles. The normalized spacial score (nSPS) is 11.7. The first-order chi connectivity index (χ1) is 9.49. The molecule has 3 rings (SSSR count). The van der Waals surface area contributed by atoms with Gasteiger partial charge in [-0.1, -0.05) is 15.9 Å². The molecule has 1 aromatic carbocycles. The molecule has 0 unspecified atom stereocenters. The Morgan fingerprint density at radius 3 is 2.70 bits per heavy atom. The maximum atomic E-state index is 6.09. The number of hydrogen-bond donors (Lipinski definition) is 1. The van der Waals surface area contributed by atoms with Gasteiger partial charge in [-0.05, 0) is 50.5 Å². The number of anilines is 1. The Balaban J connectivity index is 2.38. The van der Waals surface area contributed by atoms with E-state index in [0.717, 1.165) is 37.6 Å². The molecular weight excluding hydrogens is 336 g/mol. The molecule has 2 N–H and O–H groups in total. The fraction of sp³-hybridized carbons (Fsp3) is 0.286. The van der Waals surface area contributed by atoms with Gasteiger partial charge in [0.25, 0.3) is 0 Å². The molecule has 4 nitrogen and oxygen atoms in total. The number of nitrogens with two attached hydrogens (primary N) is 1. The summed E-state index contributed by atoms with van der Waals surface area (Å²) in [6.07, 6.45) is 0. The van der Waals surface area contributed by atoms with Gasteiger partial charge in [0.1, 0.15) is 10.8 Å². The summed E-state index contributed by atoms with van der Waals surface area (Å²) in [5.74, 6) is 0.900. The second-order valence-electron chi connectivity index (χ2n) is 5.04. The second-order valence-corrected chi connectivity index (χ2v) is 6.76. The van der Waals surface area contributed by atoms with E-state index < -0.39 is 0 Å². The number of fused-ring (bicyclic) bond motifs is 1. The summed E-state index contributed by atoms with van der Waals surface area (Å²) < 4.78 is 7.58. The van der Waals surface area contributed by atoms with Gasteiger partial charge in [0.15, 0.2) is 0 Å². The van der Waals surface area contributed by atoms with Crippen molar-refractivity contribution in [3.05, 3.63) is 28.4 Å². The molecule has 0 saturated heterocycles. The third-order valence-electron chi connectivity index (χ3n) is 3.28. The van der Waals surface area contributed by atoms with E-state index in [-0.39, 0.29) is 0 Å². The molecule has 0 aliphatic heterocycles. The highest BCUT2D eigenvalue weighted by atomic mass is 79.9. The van der Waals surface area contributed by atoms with Gasteiger partial charge in [0, 0.05) is 10.5 Å². The highest BCUT2D eigenvalue weighted by Crippen LogP contribution is 2.36. The van der Waals surface area contributed by atoms with Gasteiger partial charge in [-0.25, -0.2) is 4.98 Å². The number of imidazole rings is 1. The van der Waals surface area contributed by atoms with Crippen LogP contribution in [0.5, 0.6) is 0 Å². The molecule has 0 atom stereocenters. The number of halogens is 1. The summed E-state index contributed by atoms with van der Waals surface area (Å²) in [4.78, 5) is 4.78. The summed E-state index contributed by atoms with van der Waals surface area (Å²) in [6, 6.07) is 6.45. The number of aryl methyl sites for hydroxylation is 1. The highest BCUT2D eigenvalue weighted by molar-refractivity contribution is 9.10. The predicted molar refractivity (Wildman–Crippen MR) is 88.1 cm³/mol. The lowest BCUT2D eigenvalue weighted by molar-refractivity contribution is 0.624. The lowest BCUT2D eigenvalue weighted by atomic mass is 10.2. The second kappa shape index (κ2) is 4.86. The maximum Gasteiger partial charge on any atom is 0.146 e. The van der Waals surface area contributed by atoms with E-state index in [2.05, 4.69) is 44.8 Å². The largest absolute Gasteiger partial charge is 0.389 e. The zero-order valence-electron chi connectivity index (χ0n) is 11.5. The third kappa shape index (κ3) is 2.03. The summed E-state index contributed by atoms with van der Waals surface area (Å²) >= 11 is 4.82. The summed E-state index contributed by atoms with van der Waals surface area (Å²) in [6.45, 7) is 6.28. The van der Waals surface area contributed by atoms with Crippen LogP contribution < -0.4 is 5.73 Å². The van der Waals surface area contributed by atoms with E-state index in [1.165, 1.54) is 11.5 Å². The van der Waals surface area contributed by atoms with Crippen molar-refractivity contribution in [1.82, 2.24) is 13.9 Å². The number of nitrogen functional groups attached to an aromatic ring is 1. The summed E-state index contributed by atoms with van der Waals surface area (Å²) in [5, 5.41) is 0.721. The van der Waals surface area contributed by atoms with Crippen LogP contribution in [0.15, 0.2) is 22.7 Å². The lowest BCUT2D eigenvalue weighted by Gasteiger charge is -2.13. The van der Waals surface area contributed by atoms with Crippen molar-refractivity contribution < 1.29 is 0 Å². The molecule has 0 amide bonds. The lowest BCUT2D eigenvalue weighted by Crippen LogP contribution is -2.04. The Morgan fingerprint density at radius 1 is 1.35 bits per heavy atom. The Morgan fingerprint density at radius 2 is 2.10 bits per heavy atom. The third-order valence-corrected chi connectivity index (χ3v) is 4.54. The number of benzene rings is 1. The SMILES string of the molecule is Cc1nsc(N)c1-c1nc2cc(Br)ccc2n1C(C)C. The minimum absolute atomic E-state index is 0.301. The van der Waals surface area contributed by atoms with E-state index in [0.29, 0.717) is 6.04 Å². The number of hydrogen-bond acceptors (Lipinski definition) is 4. The van der Waals surface area contributed by atoms with Crippen LogP contribution in [-0.4, -0.2) is 13.9 Å². The van der Waals surface area contributed by atoms with E-state index in [1.807, 2.05) is 19.1 Å². The van der Waals surface area contributed by atoms with Crippen molar-refractivity contribution in [1.29, 1.82) is 0 Å². The monoisotopic (exact) mass is 350 g/mol. The zero-order chi connectivity index (χ0) is 14.4. The number of rotatable bonds is 2. The first-order valence-corrected chi connectivity index (χ1v) is 7.95. The quantitative estimate of drug-likeness (QED) is 0.745. The highest BCUT2D eigenvalue weighted by Gasteiger charge is 2.20.